The standard InChI is InChI=1S/C25H25ClN4O2/c1-18-23(19(2)30(29-18)17-20-8-3-4-11-24(20)26)12-13-25(31)28-21-9-7-10-22(16-21)32-15-6-5-14-27/h3-4,7-13,16H,5-6,15,17H2,1-2H3,(H,28,31)/b13-12+. The summed E-state index contributed by atoms with van der Waals surface area (Å²) in [5.74, 6) is 0.404. The summed E-state index contributed by atoms with van der Waals surface area (Å²) in [6.45, 7) is 4.91. The zero-order valence-electron chi connectivity index (χ0n) is 18.1. The highest BCUT2D eigenvalue weighted by molar-refractivity contribution is 6.31. The molecule has 0 aliphatic rings. The molecule has 1 N–H and O–H groups in total. The number of nitriles is 1. The summed E-state index contributed by atoms with van der Waals surface area (Å²) in [6, 6.07) is 17.0. The number of nitrogens with one attached hydrogen (secondary N) is 1. The normalized spacial score (nSPS) is 10.8. The van der Waals surface area contributed by atoms with Crippen molar-refractivity contribution in [2.75, 3.05) is 11.9 Å². The molecular formula is C25H25ClN4O2. The van der Waals surface area contributed by atoms with E-state index in [1.807, 2.05) is 54.9 Å². The van der Waals surface area contributed by atoms with Crippen molar-refractivity contribution >= 4 is 29.3 Å². The van der Waals surface area contributed by atoms with Gasteiger partial charge in [0.15, 0.2) is 0 Å². The number of rotatable bonds is 9. The fraction of sp³-hybridized carbons (Fsp3) is 0.240. The molecule has 164 valence electrons. The highest BCUT2D eigenvalue weighted by atomic mass is 35.5. The van der Waals surface area contributed by atoms with Gasteiger partial charge in [0, 0.05) is 40.5 Å². The Morgan fingerprint density at radius 3 is 2.84 bits per heavy atom. The molecule has 1 aromatic heterocycles. The first-order valence-electron chi connectivity index (χ1n) is 10.3. The maximum absolute atomic E-state index is 12.4. The predicted octanol–water partition coefficient (Wildman–Crippen LogP) is 5.54. The van der Waals surface area contributed by atoms with Gasteiger partial charge in [-0.2, -0.15) is 10.4 Å². The number of amides is 1. The number of ether oxygens (including phenoxy) is 1. The number of aromatic nitrogens is 2. The van der Waals surface area contributed by atoms with E-state index in [0.717, 1.165) is 22.5 Å². The van der Waals surface area contributed by atoms with Crippen LogP contribution in [0.15, 0.2) is 54.6 Å². The second kappa shape index (κ2) is 11.2. The van der Waals surface area contributed by atoms with Crippen molar-refractivity contribution in [1.29, 1.82) is 5.26 Å². The molecule has 0 saturated heterocycles. The average Bonchev–Trinajstić information content (AvgIpc) is 3.04. The van der Waals surface area contributed by atoms with E-state index in [0.29, 0.717) is 42.5 Å². The van der Waals surface area contributed by atoms with Crippen LogP contribution in [0.4, 0.5) is 5.69 Å². The molecule has 0 radical (unpaired) electrons. The number of unbranched alkanes of at least 4 members (excludes halogenated alkanes) is 1. The van der Waals surface area contributed by atoms with E-state index in [2.05, 4.69) is 16.5 Å². The van der Waals surface area contributed by atoms with Crippen molar-refractivity contribution in [3.63, 3.8) is 0 Å². The topological polar surface area (TPSA) is 79.9 Å². The third-order valence-electron chi connectivity index (χ3n) is 4.92. The maximum Gasteiger partial charge on any atom is 0.248 e. The van der Waals surface area contributed by atoms with E-state index in [9.17, 15) is 4.79 Å². The van der Waals surface area contributed by atoms with Crippen LogP contribution in [0.25, 0.3) is 6.08 Å². The van der Waals surface area contributed by atoms with Crippen LogP contribution in [0.1, 0.15) is 35.4 Å². The van der Waals surface area contributed by atoms with Gasteiger partial charge < -0.3 is 10.1 Å². The molecule has 0 spiro atoms. The summed E-state index contributed by atoms with van der Waals surface area (Å²) < 4.78 is 7.50. The van der Waals surface area contributed by atoms with E-state index in [1.54, 1.807) is 18.2 Å². The molecule has 0 aliphatic heterocycles. The summed E-state index contributed by atoms with van der Waals surface area (Å²) in [5, 5.41) is 16.7. The Balaban J connectivity index is 1.64. The van der Waals surface area contributed by atoms with Gasteiger partial charge in [-0.1, -0.05) is 35.9 Å². The molecule has 1 heterocycles. The number of aryl methyl sites for hydroxylation is 1. The molecule has 6 nitrogen and oxygen atoms in total. The summed E-state index contributed by atoms with van der Waals surface area (Å²) in [6.07, 6.45) is 4.39. The van der Waals surface area contributed by atoms with E-state index >= 15 is 0 Å². The van der Waals surface area contributed by atoms with Gasteiger partial charge >= 0.3 is 0 Å². The highest BCUT2D eigenvalue weighted by Gasteiger charge is 2.11. The van der Waals surface area contributed by atoms with E-state index in [-0.39, 0.29) is 5.91 Å². The molecule has 32 heavy (non-hydrogen) atoms. The molecule has 1 amide bonds. The van der Waals surface area contributed by atoms with Crippen molar-refractivity contribution in [2.45, 2.75) is 33.2 Å². The third kappa shape index (κ3) is 6.22. The molecule has 0 unspecified atom stereocenters. The van der Waals surface area contributed by atoms with E-state index in [4.69, 9.17) is 21.6 Å². The lowest BCUT2D eigenvalue weighted by Crippen LogP contribution is -2.08. The first-order chi connectivity index (χ1) is 15.5. The van der Waals surface area contributed by atoms with Gasteiger partial charge in [0.05, 0.1) is 24.9 Å². The van der Waals surface area contributed by atoms with Gasteiger partial charge in [0.25, 0.3) is 0 Å². The maximum atomic E-state index is 12.4. The van der Waals surface area contributed by atoms with Crippen molar-refractivity contribution < 1.29 is 9.53 Å². The van der Waals surface area contributed by atoms with Gasteiger partial charge in [-0.05, 0) is 50.1 Å². The molecule has 2 aromatic carbocycles. The van der Waals surface area contributed by atoms with Gasteiger partial charge in [-0.25, -0.2) is 0 Å². The number of benzene rings is 2. The lowest BCUT2D eigenvalue weighted by Gasteiger charge is -2.08. The number of anilines is 1. The van der Waals surface area contributed by atoms with Crippen LogP contribution in [0, 0.1) is 25.2 Å². The lowest BCUT2D eigenvalue weighted by atomic mass is 10.1. The Labute approximate surface area is 193 Å². The minimum Gasteiger partial charge on any atom is -0.493 e. The number of carbonyl (C=O) groups excluding carboxylic acids is 1. The second-order valence-electron chi connectivity index (χ2n) is 7.29. The summed E-state index contributed by atoms with van der Waals surface area (Å²) in [7, 11) is 0. The van der Waals surface area contributed by atoms with Crippen molar-refractivity contribution in [3.05, 3.63) is 82.1 Å². The van der Waals surface area contributed by atoms with Crippen LogP contribution >= 0.6 is 11.6 Å². The smallest absolute Gasteiger partial charge is 0.248 e. The first-order valence-corrected chi connectivity index (χ1v) is 10.7. The lowest BCUT2D eigenvalue weighted by molar-refractivity contribution is -0.111. The molecule has 7 heteroatoms. The zero-order chi connectivity index (χ0) is 22.9. The van der Waals surface area contributed by atoms with Crippen LogP contribution < -0.4 is 10.1 Å². The Morgan fingerprint density at radius 2 is 2.06 bits per heavy atom. The Morgan fingerprint density at radius 1 is 1.25 bits per heavy atom. The van der Waals surface area contributed by atoms with Gasteiger partial charge in [0.2, 0.25) is 5.91 Å². The zero-order valence-corrected chi connectivity index (χ0v) is 18.9. The minimum absolute atomic E-state index is 0.246. The number of carbonyl (C=O) groups is 1. The molecule has 0 aliphatic carbocycles. The Hall–Kier alpha value is -3.56. The molecule has 0 fully saturated rings. The molecule has 0 atom stereocenters. The van der Waals surface area contributed by atoms with Crippen LogP contribution in [0.3, 0.4) is 0 Å². The number of hydrogen-bond donors (Lipinski definition) is 1. The SMILES string of the molecule is Cc1nn(Cc2ccccc2Cl)c(C)c1/C=C/C(=O)Nc1cccc(OCCCC#N)c1. The predicted molar refractivity (Wildman–Crippen MR) is 127 cm³/mol. The summed E-state index contributed by atoms with van der Waals surface area (Å²) >= 11 is 6.28. The number of hydrogen-bond acceptors (Lipinski definition) is 4. The quantitative estimate of drug-likeness (QED) is 0.344. The fourth-order valence-corrected chi connectivity index (χ4v) is 3.44. The van der Waals surface area contributed by atoms with Crippen molar-refractivity contribution in [1.82, 2.24) is 9.78 Å². The van der Waals surface area contributed by atoms with Gasteiger partial charge in [0.1, 0.15) is 5.75 Å². The summed E-state index contributed by atoms with van der Waals surface area (Å²) in [5.41, 5.74) is 4.33. The molecule has 0 saturated carbocycles. The minimum atomic E-state index is -0.246. The highest BCUT2D eigenvalue weighted by Crippen LogP contribution is 2.21. The van der Waals surface area contributed by atoms with Crippen LogP contribution in [-0.2, 0) is 11.3 Å². The molecule has 0 bridgehead atoms. The number of halogens is 1. The van der Waals surface area contributed by atoms with Gasteiger partial charge in [-0.15, -0.1) is 0 Å². The average molecular weight is 449 g/mol. The third-order valence-corrected chi connectivity index (χ3v) is 5.29. The first kappa shape index (κ1) is 23.1. The van der Waals surface area contributed by atoms with Gasteiger partial charge in [-0.3, -0.25) is 9.48 Å². The molecular weight excluding hydrogens is 424 g/mol. The van der Waals surface area contributed by atoms with E-state index in [1.165, 1.54) is 6.08 Å². The number of nitrogens with zero attached hydrogens (tertiary/aromatic N) is 3. The largest absolute Gasteiger partial charge is 0.493 e. The van der Waals surface area contributed by atoms with E-state index < -0.39 is 0 Å². The van der Waals surface area contributed by atoms with Crippen LogP contribution in [0.5, 0.6) is 5.75 Å². The molecule has 3 rings (SSSR count). The monoisotopic (exact) mass is 448 g/mol. The fourth-order valence-electron chi connectivity index (χ4n) is 3.24. The second-order valence-corrected chi connectivity index (χ2v) is 7.70. The van der Waals surface area contributed by atoms with Crippen molar-refractivity contribution in [2.24, 2.45) is 0 Å². The Bertz CT molecular complexity index is 1160. The molecule has 3 aromatic rings. The Kier molecular flexibility index (Phi) is 8.07. The van der Waals surface area contributed by atoms with Crippen molar-refractivity contribution in [3.8, 4) is 11.8 Å². The summed E-state index contributed by atoms with van der Waals surface area (Å²) in [4.78, 5) is 12.4. The van der Waals surface area contributed by atoms with Crippen LogP contribution in [0.2, 0.25) is 5.02 Å². The van der Waals surface area contributed by atoms with Crippen LogP contribution in [-0.4, -0.2) is 22.3 Å².